The maximum Gasteiger partial charge on any atom is 0.326 e. The summed E-state index contributed by atoms with van der Waals surface area (Å²) in [6.45, 7) is 4.86. The van der Waals surface area contributed by atoms with Crippen LogP contribution in [0.25, 0.3) is 0 Å². The third kappa shape index (κ3) is 3.60. The van der Waals surface area contributed by atoms with Gasteiger partial charge in [-0.3, -0.25) is 0 Å². The Morgan fingerprint density at radius 1 is 1.56 bits per heavy atom. The SMILES string of the molecule is CC[C@H](C)[C@H](NC(=O)N1CCC(OC)C1)C(=O)O. The van der Waals surface area contributed by atoms with Gasteiger partial charge in [-0.2, -0.15) is 0 Å². The van der Waals surface area contributed by atoms with Crippen molar-refractivity contribution < 1.29 is 19.4 Å². The molecule has 0 aliphatic carbocycles. The summed E-state index contributed by atoms with van der Waals surface area (Å²) >= 11 is 0. The van der Waals surface area contributed by atoms with Gasteiger partial charge in [0.05, 0.1) is 6.10 Å². The van der Waals surface area contributed by atoms with E-state index in [4.69, 9.17) is 9.84 Å². The number of likely N-dealkylation sites (tertiary alicyclic amines) is 1. The molecule has 1 saturated heterocycles. The molecule has 0 aromatic heterocycles. The molecule has 1 rings (SSSR count). The van der Waals surface area contributed by atoms with Gasteiger partial charge in [-0.15, -0.1) is 0 Å². The van der Waals surface area contributed by atoms with Gasteiger partial charge < -0.3 is 20.1 Å². The van der Waals surface area contributed by atoms with E-state index in [2.05, 4.69) is 5.32 Å². The molecule has 0 saturated carbocycles. The van der Waals surface area contributed by atoms with E-state index in [1.54, 1.807) is 12.0 Å². The number of carbonyl (C=O) groups excluding carboxylic acids is 1. The van der Waals surface area contributed by atoms with E-state index in [-0.39, 0.29) is 18.1 Å². The number of carboxylic acids is 1. The number of urea groups is 1. The molecule has 0 spiro atoms. The second-order valence-electron chi connectivity index (χ2n) is 4.74. The quantitative estimate of drug-likeness (QED) is 0.768. The number of aliphatic carboxylic acids is 1. The minimum atomic E-state index is -0.986. The van der Waals surface area contributed by atoms with Crippen molar-refractivity contribution >= 4 is 12.0 Å². The molecule has 18 heavy (non-hydrogen) atoms. The number of hydrogen-bond acceptors (Lipinski definition) is 3. The predicted octanol–water partition coefficient (Wildman–Crippen LogP) is 0.916. The van der Waals surface area contributed by atoms with Crippen LogP contribution in [0.3, 0.4) is 0 Å². The van der Waals surface area contributed by atoms with Crippen LogP contribution in [0.15, 0.2) is 0 Å². The summed E-state index contributed by atoms with van der Waals surface area (Å²) in [4.78, 5) is 24.7. The average Bonchev–Trinajstić information content (AvgIpc) is 2.83. The summed E-state index contributed by atoms with van der Waals surface area (Å²) < 4.78 is 5.17. The zero-order chi connectivity index (χ0) is 13.7. The molecular formula is C12H22N2O4. The Labute approximate surface area is 107 Å². The molecule has 1 aliphatic rings. The minimum absolute atomic E-state index is 0.0580. The normalized spacial score (nSPS) is 22.6. The number of hydrogen-bond donors (Lipinski definition) is 2. The van der Waals surface area contributed by atoms with Gasteiger partial charge in [-0.05, 0) is 12.3 Å². The molecule has 104 valence electrons. The van der Waals surface area contributed by atoms with E-state index in [0.29, 0.717) is 19.5 Å². The van der Waals surface area contributed by atoms with Crippen LogP contribution in [0.1, 0.15) is 26.7 Å². The average molecular weight is 258 g/mol. The lowest BCUT2D eigenvalue weighted by atomic mass is 9.99. The van der Waals surface area contributed by atoms with Crippen LogP contribution in [0.2, 0.25) is 0 Å². The summed E-state index contributed by atoms with van der Waals surface area (Å²) in [5.41, 5.74) is 0. The van der Waals surface area contributed by atoms with E-state index < -0.39 is 12.0 Å². The lowest BCUT2D eigenvalue weighted by molar-refractivity contribution is -0.140. The van der Waals surface area contributed by atoms with Gasteiger partial charge in [-0.25, -0.2) is 9.59 Å². The van der Waals surface area contributed by atoms with Gasteiger partial charge >= 0.3 is 12.0 Å². The maximum atomic E-state index is 11.9. The fraction of sp³-hybridized carbons (Fsp3) is 0.833. The molecular weight excluding hydrogens is 236 g/mol. The largest absolute Gasteiger partial charge is 0.480 e. The fourth-order valence-electron chi connectivity index (χ4n) is 2.01. The molecule has 0 aromatic rings. The Hall–Kier alpha value is -1.30. The smallest absolute Gasteiger partial charge is 0.326 e. The first-order valence-electron chi connectivity index (χ1n) is 6.30. The second kappa shape index (κ2) is 6.58. The summed E-state index contributed by atoms with van der Waals surface area (Å²) in [6, 6.07) is -1.15. The molecule has 0 aromatic carbocycles. The molecule has 0 bridgehead atoms. The second-order valence-corrected chi connectivity index (χ2v) is 4.74. The van der Waals surface area contributed by atoms with E-state index >= 15 is 0 Å². The third-order valence-corrected chi connectivity index (χ3v) is 3.52. The van der Waals surface area contributed by atoms with Crippen molar-refractivity contribution in [1.82, 2.24) is 10.2 Å². The van der Waals surface area contributed by atoms with E-state index in [1.807, 2.05) is 13.8 Å². The Balaban J connectivity index is 2.54. The Morgan fingerprint density at radius 3 is 2.67 bits per heavy atom. The topological polar surface area (TPSA) is 78.9 Å². The summed E-state index contributed by atoms with van der Waals surface area (Å²) in [7, 11) is 1.62. The third-order valence-electron chi connectivity index (χ3n) is 3.52. The van der Waals surface area contributed by atoms with Crippen molar-refractivity contribution in [3.05, 3.63) is 0 Å². The van der Waals surface area contributed by atoms with Crippen molar-refractivity contribution in [2.45, 2.75) is 38.8 Å². The lowest BCUT2D eigenvalue weighted by Gasteiger charge is -2.24. The van der Waals surface area contributed by atoms with Gasteiger partial charge in [0, 0.05) is 20.2 Å². The van der Waals surface area contributed by atoms with Crippen molar-refractivity contribution in [2.24, 2.45) is 5.92 Å². The van der Waals surface area contributed by atoms with Crippen molar-refractivity contribution in [3.8, 4) is 0 Å². The minimum Gasteiger partial charge on any atom is -0.480 e. The first kappa shape index (κ1) is 14.8. The number of amides is 2. The van der Waals surface area contributed by atoms with Crippen LogP contribution >= 0.6 is 0 Å². The van der Waals surface area contributed by atoms with Crippen molar-refractivity contribution in [3.63, 3.8) is 0 Å². The number of rotatable bonds is 5. The molecule has 1 aliphatic heterocycles. The van der Waals surface area contributed by atoms with E-state index in [1.165, 1.54) is 0 Å². The zero-order valence-electron chi connectivity index (χ0n) is 11.2. The van der Waals surface area contributed by atoms with Crippen LogP contribution < -0.4 is 5.32 Å². The van der Waals surface area contributed by atoms with Gasteiger partial charge in [0.1, 0.15) is 6.04 Å². The van der Waals surface area contributed by atoms with Crippen molar-refractivity contribution in [2.75, 3.05) is 20.2 Å². The highest BCUT2D eigenvalue weighted by Gasteiger charge is 2.31. The predicted molar refractivity (Wildman–Crippen MR) is 66.4 cm³/mol. The number of methoxy groups -OCH3 is 1. The molecule has 2 N–H and O–H groups in total. The summed E-state index contributed by atoms with van der Waals surface area (Å²) in [6.07, 6.45) is 1.56. The summed E-state index contributed by atoms with van der Waals surface area (Å²) in [5, 5.41) is 11.7. The first-order chi connectivity index (χ1) is 8.49. The molecule has 6 heteroatoms. The first-order valence-corrected chi connectivity index (χ1v) is 6.30. The Morgan fingerprint density at radius 2 is 2.22 bits per heavy atom. The number of ether oxygens (including phenoxy) is 1. The molecule has 2 amide bonds. The monoisotopic (exact) mass is 258 g/mol. The molecule has 1 unspecified atom stereocenters. The highest BCUT2D eigenvalue weighted by Crippen LogP contribution is 2.13. The molecule has 1 fully saturated rings. The van der Waals surface area contributed by atoms with Crippen molar-refractivity contribution in [1.29, 1.82) is 0 Å². The number of carbonyl (C=O) groups is 2. The van der Waals surface area contributed by atoms with Crippen LogP contribution in [-0.4, -0.2) is 54.4 Å². The van der Waals surface area contributed by atoms with Crippen LogP contribution in [0.4, 0.5) is 4.79 Å². The van der Waals surface area contributed by atoms with Gasteiger partial charge in [0.2, 0.25) is 0 Å². The number of nitrogens with zero attached hydrogens (tertiary/aromatic N) is 1. The number of nitrogens with one attached hydrogen (secondary N) is 1. The number of carboxylic acid groups (broad SMARTS) is 1. The highest BCUT2D eigenvalue weighted by atomic mass is 16.5. The Kier molecular flexibility index (Phi) is 5.40. The molecule has 1 heterocycles. The Bertz CT molecular complexity index is 308. The van der Waals surface area contributed by atoms with Gasteiger partial charge in [0.15, 0.2) is 0 Å². The van der Waals surface area contributed by atoms with Crippen LogP contribution in [-0.2, 0) is 9.53 Å². The van der Waals surface area contributed by atoms with E-state index in [9.17, 15) is 9.59 Å². The lowest BCUT2D eigenvalue weighted by Crippen LogP contribution is -2.50. The maximum absolute atomic E-state index is 11.9. The molecule has 0 radical (unpaired) electrons. The van der Waals surface area contributed by atoms with Crippen LogP contribution in [0, 0.1) is 5.92 Å². The molecule has 3 atom stereocenters. The molecule has 6 nitrogen and oxygen atoms in total. The van der Waals surface area contributed by atoms with Gasteiger partial charge in [-0.1, -0.05) is 20.3 Å². The van der Waals surface area contributed by atoms with Gasteiger partial charge in [0.25, 0.3) is 0 Å². The zero-order valence-corrected chi connectivity index (χ0v) is 11.2. The standard InChI is InChI=1S/C12H22N2O4/c1-4-8(2)10(11(15)16)13-12(17)14-6-5-9(7-14)18-3/h8-10H,4-7H2,1-3H3,(H,13,17)(H,15,16)/t8-,9?,10-/m0/s1. The highest BCUT2D eigenvalue weighted by molar-refractivity contribution is 5.82. The van der Waals surface area contributed by atoms with Crippen LogP contribution in [0.5, 0.6) is 0 Å². The van der Waals surface area contributed by atoms with E-state index in [0.717, 1.165) is 6.42 Å². The summed E-state index contributed by atoms with van der Waals surface area (Å²) in [5.74, 6) is -1.08. The fourth-order valence-corrected chi connectivity index (χ4v) is 2.01.